The highest BCUT2D eigenvalue weighted by Crippen LogP contribution is 2.14. The number of rotatable bonds is 8. The molecular weight excluding hydrogens is 413 g/mol. The van der Waals surface area contributed by atoms with Crippen molar-refractivity contribution in [3.63, 3.8) is 0 Å². The Labute approximate surface area is 188 Å². The fourth-order valence-electron chi connectivity index (χ4n) is 4.33. The van der Waals surface area contributed by atoms with Crippen molar-refractivity contribution in [2.45, 2.75) is 31.9 Å². The molecule has 2 saturated heterocycles. The average Bonchev–Trinajstić information content (AvgIpc) is 3.26. The summed E-state index contributed by atoms with van der Waals surface area (Å²) >= 11 is 0. The van der Waals surface area contributed by atoms with Gasteiger partial charge in [0.1, 0.15) is 12.1 Å². The van der Waals surface area contributed by atoms with Crippen molar-refractivity contribution in [3.05, 3.63) is 47.9 Å². The molecule has 174 valence electrons. The molecule has 2 aliphatic rings. The summed E-state index contributed by atoms with van der Waals surface area (Å²) in [5.41, 5.74) is 0.698. The van der Waals surface area contributed by atoms with Crippen LogP contribution < -0.4 is 5.32 Å². The van der Waals surface area contributed by atoms with Crippen molar-refractivity contribution in [3.8, 4) is 0 Å². The minimum atomic E-state index is -0.390. The highest BCUT2D eigenvalue weighted by atomic mass is 19.1. The van der Waals surface area contributed by atoms with Gasteiger partial charge in [-0.15, -0.1) is 0 Å². The lowest BCUT2D eigenvalue weighted by Crippen LogP contribution is -2.50. The van der Waals surface area contributed by atoms with Crippen molar-refractivity contribution < 1.29 is 18.7 Å². The number of carbonyl (C=O) groups is 1. The SMILES string of the molecule is O=C(Nc1ccc(F)cc1)c1coc(CN2CCN(C[C@H](O)CN3CCCCC3)CC2)n1. The van der Waals surface area contributed by atoms with Crippen molar-refractivity contribution >= 4 is 11.6 Å². The summed E-state index contributed by atoms with van der Waals surface area (Å²) in [6.07, 6.45) is 4.82. The molecule has 2 aromatic rings. The lowest BCUT2D eigenvalue weighted by atomic mass is 10.1. The lowest BCUT2D eigenvalue weighted by Gasteiger charge is -2.36. The summed E-state index contributed by atoms with van der Waals surface area (Å²) in [6.45, 7) is 7.69. The summed E-state index contributed by atoms with van der Waals surface area (Å²) in [4.78, 5) is 23.5. The Morgan fingerprint density at radius 1 is 1.00 bits per heavy atom. The number of piperidine rings is 1. The van der Waals surface area contributed by atoms with Crippen LogP contribution in [0.2, 0.25) is 0 Å². The number of amides is 1. The standard InChI is InChI=1S/C23H32FN5O3/c24-18-4-6-19(7-5-18)25-23(31)21-17-32-22(26-21)16-29-12-10-28(11-13-29)15-20(30)14-27-8-2-1-3-9-27/h4-7,17,20,30H,1-3,8-16H2,(H,25,31)/t20-/m1/s1. The Bertz CT molecular complexity index is 861. The summed E-state index contributed by atoms with van der Waals surface area (Å²) in [5, 5.41) is 13.1. The van der Waals surface area contributed by atoms with E-state index in [1.54, 1.807) is 0 Å². The maximum Gasteiger partial charge on any atom is 0.277 e. The molecule has 9 heteroatoms. The van der Waals surface area contributed by atoms with Gasteiger partial charge in [-0.2, -0.15) is 0 Å². The molecule has 0 saturated carbocycles. The highest BCUT2D eigenvalue weighted by Gasteiger charge is 2.23. The number of oxazole rings is 1. The van der Waals surface area contributed by atoms with Gasteiger partial charge in [-0.1, -0.05) is 6.42 Å². The molecule has 1 amide bonds. The number of hydrogen-bond acceptors (Lipinski definition) is 7. The van der Waals surface area contributed by atoms with E-state index in [2.05, 4.69) is 25.0 Å². The highest BCUT2D eigenvalue weighted by molar-refractivity contribution is 6.02. The molecule has 0 spiro atoms. The van der Waals surface area contributed by atoms with Crippen LogP contribution in [0.4, 0.5) is 10.1 Å². The molecular formula is C23H32FN5O3. The third-order valence-electron chi connectivity index (χ3n) is 6.10. The van der Waals surface area contributed by atoms with Crippen molar-refractivity contribution in [2.24, 2.45) is 0 Å². The molecule has 2 N–H and O–H groups in total. The Morgan fingerprint density at radius 3 is 2.31 bits per heavy atom. The number of β-amino-alcohol motifs (C(OH)–C–C–N with tert-alkyl or cyclic N) is 1. The van der Waals surface area contributed by atoms with Crippen molar-refractivity contribution in [2.75, 3.05) is 57.7 Å². The zero-order chi connectivity index (χ0) is 22.3. The maximum absolute atomic E-state index is 13.0. The Morgan fingerprint density at radius 2 is 1.62 bits per heavy atom. The van der Waals surface area contributed by atoms with Gasteiger partial charge >= 0.3 is 0 Å². The van der Waals surface area contributed by atoms with E-state index in [-0.39, 0.29) is 23.5 Å². The summed E-state index contributed by atoms with van der Waals surface area (Å²) in [7, 11) is 0. The summed E-state index contributed by atoms with van der Waals surface area (Å²) in [5.74, 6) is -0.254. The molecule has 32 heavy (non-hydrogen) atoms. The van der Waals surface area contributed by atoms with E-state index >= 15 is 0 Å². The number of likely N-dealkylation sites (tertiary alicyclic amines) is 1. The summed E-state index contributed by atoms with van der Waals surface area (Å²) < 4.78 is 18.5. The molecule has 2 aliphatic heterocycles. The van der Waals surface area contributed by atoms with Gasteiger partial charge in [0.15, 0.2) is 5.69 Å². The van der Waals surface area contributed by atoms with Gasteiger partial charge in [0.2, 0.25) is 5.89 Å². The van der Waals surface area contributed by atoms with E-state index in [9.17, 15) is 14.3 Å². The van der Waals surface area contributed by atoms with E-state index in [1.165, 1.54) is 49.8 Å². The number of benzene rings is 1. The third kappa shape index (κ3) is 6.59. The first-order valence-electron chi connectivity index (χ1n) is 11.4. The molecule has 0 radical (unpaired) electrons. The maximum atomic E-state index is 13.0. The normalized spacial score (nSPS) is 19.7. The molecule has 8 nitrogen and oxygen atoms in total. The molecule has 0 aliphatic carbocycles. The number of aliphatic hydroxyl groups is 1. The lowest BCUT2D eigenvalue weighted by molar-refractivity contribution is 0.0434. The molecule has 0 unspecified atom stereocenters. The Hall–Kier alpha value is -2.33. The van der Waals surface area contributed by atoms with Crippen LogP contribution in [0.5, 0.6) is 0 Å². The predicted molar refractivity (Wildman–Crippen MR) is 119 cm³/mol. The molecule has 4 rings (SSSR count). The zero-order valence-electron chi connectivity index (χ0n) is 18.4. The predicted octanol–water partition coefficient (Wildman–Crippen LogP) is 2.03. The topological polar surface area (TPSA) is 85.1 Å². The van der Waals surface area contributed by atoms with Gasteiger partial charge < -0.3 is 19.7 Å². The molecule has 0 bridgehead atoms. The monoisotopic (exact) mass is 445 g/mol. The quantitative estimate of drug-likeness (QED) is 0.643. The van der Waals surface area contributed by atoms with E-state index in [4.69, 9.17) is 4.42 Å². The second kappa shape index (κ2) is 11.0. The number of nitrogens with zero attached hydrogens (tertiary/aromatic N) is 4. The van der Waals surface area contributed by atoms with E-state index in [0.717, 1.165) is 45.8 Å². The smallest absolute Gasteiger partial charge is 0.277 e. The number of aromatic nitrogens is 1. The minimum Gasteiger partial charge on any atom is -0.447 e. The largest absolute Gasteiger partial charge is 0.447 e. The van der Waals surface area contributed by atoms with Gasteiger partial charge in [-0.25, -0.2) is 9.37 Å². The number of hydrogen-bond donors (Lipinski definition) is 2. The second-order valence-corrected chi connectivity index (χ2v) is 8.68. The first kappa shape index (κ1) is 22.8. The number of nitrogens with one attached hydrogen (secondary N) is 1. The van der Waals surface area contributed by atoms with Crippen LogP contribution in [0.1, 0.15) is 35.6 Å². The zero-order valence-corrected chi connectivity index (χ0v) is 18.4. The number of carbonyl (C=O) groups excluding carboxylic acids is 1. The van der Waals surface area contributed by atoms with Crippen molar-refractivity contribution in [1.82, 2.24) is 19.7 Å². The van der Waals surface area contributed by atoms with E-state index in [0.29, 0.717) is 24.7 Å². The van der Waals surface area contributed by atoms with Crippen LogP contribution in [0.15, 0.2) is 34.9 Å². The first-order valence-corrected chi connectivity index (χ1v) is 11.4. The van der Waals surface area contributed by atoms with Crippen LogP contribution in [0.3, 0.4) is 0 Å². The molecule has 1 atom stereocenters. The van der Waals surface area contributed by atoms with Crippen LogP contribution in [0, 0.1) is 5.82 Å². The van der Waals surface area contributed by atoms with E-state index < -0.39 is 0 Å². The van der Waals surface area contributed by atoms with Crippen LogP contribution >= 0.6 is 0 Å². The molecule has 2 fully saturated rings. The Kier molecular flexibility index (Phi) is 7.85. The first-order chi connectivity index (χ1) is 15.5. The molecule has 3 heterocycles. The van der Waals surface area contributed by atoms with Crippen LogP contribution in [0.25, 0.3) is 0 Å². The number of anilines is 1. The fourth-order valence-corrected chi connectivity index (χ4v) is 4.33. The van der Waals surface area contributed by atoms with Gasteiger partial charge in [0, 0.05) is 45.0 Å². The van der Waals surface area contributed by atoms with Gasteiger partial charge in [-0.3, -0.25) is 14.6 Å². The molecule has 1 aromatic carbocycles. The number of aliphatic hydroxyl groups excluding tert-OH is 1. The minimum absolute atomic E-state index is 0.198. The third-order valence-corrected chi connectivity index (χ3v) is 6.10. The molecule has 1 aromatic heterocycles. The van der Waals surface area contributed by atoms with Gasteiger partial charge in [-0.05, 0) is 50.2 Å². The van der Waals surface area contributed by atoms with Crippen LogP contribution in [-0.4, -0.2) is 89.2 Å². The van der Waals surface area contributed by atoms with E-state index in [1.807, 2.05) is 0 Å². The average molecular weight is 446 g/mol. The number of piperazine rings is 1. The van der Waals surface area contributed by atoms with Gasteiger partial charge in [0.05, 0.1) is 12.6 Å². The van der Waals surface area contributed by atoms with Crippen LogP contribution in [-0.2, 0) is 6.54 Å². The fraction of sp³-hybridized carbons (Fsp3) is 0.565. The summed E-state index contributed by atoms with van der Waals surface area (Å²) in [6, 6.07) is 5.57. The van der Waals surface area contributed by atoms with Gasteiger partial charge in [0.25, 0.3) is 5.91 Å². The number of halogens is 1. The second-order valence-electron chi connectivity index (χ2n) is 8.68. The Balaban J connectivity index is 1.18. The van der Waals surface area contributed by atoms with Crippen molar-refractivity contribution in [1.29, 1.82) is 0 Å².